The van der Waals surface area contributed by atoms with E-state index >= 15 is 0 Å². The number of carbonyl (C=O) groups is 2. The number of carbonyl (C=O) groups excluding carboxylic acids is 2. The monoisotopic (exact) mass is 328 g/mol. The Morgan fingerprint density at radius 3 is 2.17 bits per heavy atom. The molecule has 24 heavy (non-hydrogen) atoms. The topological polar surface area (TPSA) is 58.2 Å². The zero-order valence-corrected chi connectivity index (χ0v) is 13.8. The van der Waals surface area contributed by atoms with Crippen LogP contribution in [0.3, 0.4) is 0 Å². The molecule has 0 spiro atoms. The lowest BCUT2D eigenvalue weighted by Gasteiger charge is -2.09. The Kier molecular flexibility index (Phi) is 6.07. The van der Waals surface area contributed by atoms with Gasteiger partial charge in [-0.2, -0.15) is 0 Å². The maximum Gasteiger partial charge on any atom is 0.233 e. The van der Waals surface area contributed by atoms with Gasteiger partial charge in [-0.1, -0.05) is 38.1 Å². The fourth-order valence-electron chi connectivity index (χ4n) is 2.17. The van der Waals surface area contributed by atoms with Crippen LogP contribution in [0.2, 0.25) is 0 Å². The van der Waals surface area contributed by atoms with Gasteiger partial charge in [-0.3, -0.25) is 9.59 Å². The highest BCUT2D eigenvalue weighted by Gasteiger charge is 2.10. The van der Waals surface area contributed by atoms with Gasteiger partial charge in [0.15, 0.2) is 0 Å². The predicted octanol–water partition coefficient (Wildman–Crippen LogP) is 3.59. The summed E-state index contributed by atoms with van der Waals surface area (Å²) in [5.74, 6) is -0.653. The summed E-state index contributed by atoms with van der Waals surface area (Å²) in [5.41, 5.74) is 2.62. The van der Waals surface area contributed by atoms with Crippen molar-refractivity contribution in [3.63, 3.8) is 0 Å². The minimum Gasteiger partial charge on any atom is -0.352 e. The van der Waals surface area contributed by atoms with Crippen LogP contribution in [0.4, 0.5) is 10.1 Å². The molecule has 0 aliphatic heterocycles. The SMILES string of the molecule is CC(C)c1ccc(NC(=O)CC(=O)NCc2ccc(F)cc2)cc1. The van der Waals surface area contributed by atoms with Gasteiger partial charge in [-0.25, -0.2) is 4.39 Å². The van der Waals surface area contributed by atoms with Crippen LogP contribution in [0.25, 0.3) is 0 Å². The summed E-state index contributed by atoms with van der Waals surface area (Å²) in [5, 5.41) is 5.33. The smallest absolute Gasteiger partial charge is 0.233 e. The van der Waals surface area contributed by atoms with Gasteiger partial charge in [0.2, 0.25) is 11.8 Å². The van der Waals surface area contributed by atoms with Crippen LogP contribution in [-0.4, -0.2) is 11.8 Å². The minimum atomic E-state index is -0.379. The second kappa shape index (κ2) is 8.24. The van der Waals surface area contributed by atoms with Crippen molar-refractivity contribution in [3.8, 4) is 0 Å². The molecule has 126 valence electrons. The van der Waals surface area contributed by atoms with E-state index in [0.717, 1.165) is 5.56 Å². The predicted molar refractivity (Wildman–Crippen MR) is 92.0 cm³/mol. The van der Waals surface area contributed by atoms with Crippen LogP contribution >= 0.6 is 0 Å². The Bertz CT molecular complexity index is 694. The van der Waals surface area contributed by atoms with Crippen molar-refractivity contribution in [3.05, 3.63) is 65.5 Å². The average Bonchev–Trinajstić information content (AvgIpc) is 2.54. The number of nitrogens with one attached hydrogen (secondary N) is 2. The van der Waals surface area contributed by atoms with Crippen LogP contribution < -0.4 is 10.6 Å². The number of hydrogen-bond acceptors (Lipinski definition) is 2. The third kappa shape index (κ3) is 5.50. The summed E-state index contributed by atoms with van der Waals surface area (Å²) in [6, 6.07) is 13.4. The summed E-state index contributed by atoms with van der Waals surface area (Å²) in [6.07, 6.45) is -0.257. The van der Waals surface area contributed by atoms with Crippen molar-refractivity contribution in [2.45, 2.75) is 32.7 Å². The van der Waals surface area contributed by atoms with E-state index in [0.29, 0.717) is 11.6 Å². The fourth-order valence-corrected chi connectivity index (χ4v) is 2.17. The normalized spacial score (nSPS) is 10.5. The summed E-state index contributed by atoms with van der Waals surface area (Å²) < 4.78 is 12.8. The molecule has 0 unspecified atom stereocenters. The number of hydrogen-bond donors (Lipinski definition) is 2. The van der Waals surface area contributed by atoms with Crippen LogP contribution in [-0.2, 0) is 16.1 Å². The van der Waals surface area contributed by atoms with E-state index in [1.54, 1.807) is 12.1 Å². The molecule has 2 amide bonds. The number of amides is 2. The molecule has 0 fully saturated rings. The number of anilines is 1. The fraction of sp³-hybridized carbons (Fsp3) is 0.263. The summed E-state index contributed by atoms with van der Waals surface area (Å²) >= 11 is 0. The summed E-state index contributed by atoms with van der Waals surface area (Å²) in [4.78, 5) is 23.7. The molecule has 0 bridgehead atoms. The zero-order valence-electron chi connectivity index (χ0n) is 13.8. The van der Waals surface area contributed by atoms with Crippen molar-refractivity contribution in [2.24, 2.45) is 0 Å². The first-order chi connectivity index (χ1) is 11.4. The molecule has 0 saturated heterocycles. The van der Waals surface area contributed by atoms with Gasteiger partial charge in [0.25, 0.3) is 0 Å². The molecule has 2 aromatic rings. The van der Waals surface area contributed by atoms with Crippen molar-refractivity contribution < 1.29 is 14.0 Å². The molecule has 0 aliphatic rings. The van der Waals surface area contributed by atoms with Gasteiger partial charge in [-0.05, 0) is 41.3 Å². The van der Waals surface area contributed by atoms with Crippen molar-refractivity contribution in [2.75, 3.05) is 5.32 Å². The Morgan fingerprint density at radius 1 is 0.958 bits per heavy atom. The molecule has 2 rings (SSSR count). The molecule has 2 aromatic carbocycles. The minimum absolute atomic E-state index is 0.257. The maximum absolute atomic E-state index is 12.8. The maximum atomic E-state index is 12.8. The Hall–Kier alpha value is -2.69. The molecule has 0 aromatic heterocycles. The van der Waals surface area contributed by atoms with E-state index in [2.05, 4.69) is 24.5 Å². The second-order valence-corrected chi connectivity index (χ2v) is 5.90. The van der Waals surface area contributed by atoms with Crippen molar-refractivity contribution in [1.29, 1.82) is 0 Å². The lowest BCUT2D eigenvalue weighted by molar-refractivity contribution is -0.126. The molecular formula is C19H21FN2O2. The third-order valence-electron chi connectivity index (χ3n) is 3.59. The number of rotatable bonds is 6. The van der Waals surface area contributed by atoms with Crippen LogP contribution in [0.5, 0.6) is 0 Å². The van der Waals surface area contributed by atoms with Gasteiger partial charge in [0.05, 0.1) is 0 Å². The summed E-state index contributed by atoms with van der Waals surface area (Å²) in [6.45, 7) is 4.45. The molecule has 4 nitrogen and oxygen atoms in total. The van der Waals surface area contributed by atoms with Crippen molar-refractivity contribution >= 4 is 17.5 Å². The number of halogens is 1. The van der Waals surface area contributed by atoms with E-state index in [1.807, 2.05) is 24.3 Å². The molecule has 0 saturated carbocycles. The first-order valence-electron chi connectivity index (χ1n) is 7.85. The number of benzene rings is 2. The average molecular weight is 328 g/mol. The molecule has 0 aliphatic carbocycles. The zero-order chi connectivity index (χ0) is 17.5. The second-order valence-electron chi connectivity index (χ2n) is 5.90. The van der Waals surface area contributed by atoms with Crippen molar-refractivity contribution in [1.82, 2.24) is 5.32 Å². The van der Waals surface area contributed by atoms with E-state index in [4.69, 9.17) is 0 Å². The van der Waals surface area contributed by atoms with Gasteiger partial charge < -0.3 is 10.6 Å². The first kappa shape index (κ1) is 17.7. The van der Waals surface area contributed by atoms with Gasteiger partial charge in [0.1, 0.15) is 12.2 Å². The van der Waals surface area contributed by atoms with E-state index in [1.165, 1.54) is 17.7 Å². The standard InChI is InChI=1S/C19H21FN2O2/c1-13(2)15-5-9-17(10-6-15)22-19(24)11-18(23)21-12-14-3-7-16(20)8-4-14/h3-10,13H,11-12H2,1-2H3,(H,21,23)(H,22,24). The highest BCUT2D eigenvalue weighted by atomic mass is 19.1. The van der Waals surface area contributed by atoms with Crippen LogP contribution in [0.15, 0.2) is 48.5 Å². The Morgan fingerprint density at radius 2 is 1.58 bits per heavy atom. The highest BCUT2D eigenvalue weighted by molar-refractivity contribution is 6.03. The largest absolute Gasteiger partial charge is 0.352 e. The van der Waals surface area contributed by atoms with Crippen LogP contribution in [0, 0.1) is 5.82 Å². The van der Waals surface area contributed by atoms with Gasteiger partial charge in [-0.15, -0.1) is 0 Å². The molecule has 2 N–H and O–H groups in total. The Balaban J connectivity index is 1.78. The molecule has 0 atom stereocenters. The molecular weight excluding hydrogens is 307 g/mol. The third-order valence-corrected chi connectivity index (χ3v) is 3.59. The lowest BCUT2D eigenvalue weighted by Crippen LogP contribution is -2.27. The first-order valence-corrected chi connectivity index (χ1v) is 7.85. The quantitative estimate of drug-likeness (QED) is 0.796. The Labute approximate surface area is 141 Å². The summed E-state index contributed by atoms with van der Waals surface area (Å²) in [7, 11) is 0. The molecule has 0 radical (unpaired) electrons. The van der Waals surface area contributed by atoms with Crippen LogP contribution in [0.1, 0.15) is 37.3 Å². The van der Waals surface area contributed by atoms with E-state index in [9.17, 15) is 14.0 Å². The van der Waals surface area contributed by atoms with Gasteiger partial charge >= 0.3 is 0 Å². The van der Waals surface area contributed by atoms with E-state index in [-0.39, 0.29) is 30.6 Å². The van der Waals surface area contributed by atoms with Gasteiger partial charge in [0, 0.05) is 12.2 Å². The lowest BCUT2D eigenvalue weighted by atomic mass is 10.0. The molecule has 5 heteroatoms. The van der Waals surface area contributed by atoms with E-state index < -0.39 is 0 Å². The highest BCUT2D eigenvalue weighted by Crippen LogP contribution is 2.17. The molecule has 0 heterocycles.